The molecule has 1 amide bonds. The van der Waals surface area contributed by atoms with Gasteiger partial charge in [0.05, 0.1) is 16.7 Å². The standard InChI is InChI=1S/C25H29N3O2S/c1-18(2)28-24(30)21-10-6-7-11-22(21)26-25(28)31-17-23(29)27-14-12-20(13-15-27)16-19-8-4-3-5-9-19/h3-11,18,20H,12-17H2,1-2H3. The second kappa shape index (κ2) is 9.69. The molecule has 6 heteroatoms. The third-order valence-corrected chi connectivity index (χ3v) is 6.89. The number of fused-ring (bicyclic) bond motifs is 1. The molecule has 0 saturated carbocycles. The van der Waals surface area contributed by atoms with E-state index in [4.69, 9.17) is 0 Å². The third kappa shape index (κ3) is 5.01. The molecule has 0 atom stereocenters. The van der Waals surface area contributed by atoms with Crippen LogP contribution in [0.1, 0.15) is 38.3 Å². The van der Waals surface area contributed by atoms with Crippen molar-refractivity contribution in [2.75, 3.05) is 18.8 Å². The molecule has 0 bridgehead atoms. The van der Waals surface area contributed by atoms with E-state index >= 15 is 0 Å². The third-order valence-electron chi connectivity index (χ3n) is 5.95. The number of aromatic nitrogens is 2. The number of carbonyl (C=O) groups is 1. The van der Waals surface area contributed by atoms with Crippen molar-refractivity contribution in [1.29, 1.82) is 0 Å². The maximum Gasteiger partial charge on any atom is 0.262 e. The van der Waals surface area contributed by atoms with Crippen molar-refractivity contribution >= 4 is 28.6 Å². The van der Waals surface area contributed by atoms with Gasteiger partial charge >= 0.3 is 0 Å². The highest BCUT2D eigenvalue weighted by molar-refractivity contribution is 7.99. The van der Waals surface area contributed by atoms with Gasteiger partial charge in [-0.25, -0.2) is 4.98 Å². The van der Waals surface area contributed by atoms with E-state index in [0.717, 1.165) is 32.4 Å². The van der Waals surface area contributed by atoms with Gasteiger partial charge in [0.15, 0.2) is 5.16 Å². The van der Waals surface area contributed by atoms with E-state index in [1.807, 2.05) is 49.1 Å². The maximum atomic E-state index is 12.9. The number of benzene rings is 2. The van der Waals surface area contributed by atoms with Crippen molar-refractivity contribution in [3.05, 3.63) is 70.5 Å². The molecule has 0 spiro atoms. The van der Waals surface area contributed by atoms with Crippen LogP contribution in [0.25, 0.3) is 10.9 Å². The summed E-state index contributed by atoms with van der Waals surface area (Å²) in [4.78, 5) is 32.4. The minimum absolute atomic E-state index is 0.0176. The topological polar surface area (TPSA) is 55.2 Å². The summed E-state index contributed by atoms with van der Waals surface area (Å²) in [5.74, 6) is 1.06. The van der Waals surface area contributed by atoms with Gasteiger partial charge in [0.2, 0.25) is 5.91 Å². The lowest BCUT2D eigenvalue weighted by atomic mass is 9.90. The first-order chi connectivity index (χ1) is 15.0. The molecule has 2 heterocycles. The lowest BCUT2D eigenvalue weighted by molar-refractivity contribution is -0.129. The molecule has 1 aromatic heterocycles. The molecule has 31 heavy (non-hydrogen) atoms. The van der Waals surface area contributed by atoms with Crippen LogP contribution in [0, 0.1) is 5.92 Å². The van der Waals surface area contributed by atoms with E-state index in [1.165, 1.54) is 17.3 Å². The van der Waals surface area contributed by atoms with Crippen molar-refractivity contribution in [2.24, 2.45) is 5.92 Å². The van der Waals surface area contributed by atoms with E-state index in [1.54, 1.807) is 4.57 Å². The van der Waals surface area contributed by atoms with Gasteiger partial charge < -0.3 is 4.90 Å². The molecule has 5 nitrogen and oxygen atoms in total. The Hall–Kier alpha value is -2.60. The number of piperidine rings is 1. The number of carbonyl (C=O) groups excluding carboxylic acids is 1. The number of nitrogens with zero attached hydrogens (tertiary/aromatic N) is 3. The zero-order valence-corrected chi connectivity index (χ0v) is 19.0. The van der Waals surface area contributed by atoms with Crippen LogP contribution in [0.5, 0.6) is 0 Å². The molecule has 1 saturated heterocycles. The van der Waals surface area contributed by atoms with Crippen molar-refractivity contribution in [3.63, 3.8) is 0 Å². The predicted molar refractivity (Wildman–Crippen MR) is 127 cm³/mol. The lowest BCUT2D eigenvalue weighted by Crippen LogP contribution is -2.40. The highest BCUT2D eigenvalue weighted by Gasteiger charge is 2.24. The Morgan fingerprint density at radius 1 is 1.06 bits per heavy atom. The lowest BCUT2D eigenvalue weighted by Gasteiger charge is -2.32. The monoisotopic (exact) mass is 435 g/mol. The molecule has 0 radical (unpaired) electrons. The van der Waals surface area contributed by atoms with Crippen molar-refractivity contribution in [3.8, 4) is 0 Å². The molecule has 0 N–H and O–H groups in total. The Bertz CT molecular complexity index is 1100. The summed E-state index contributed by atoms with van der Waals surface area (Å²) in [5.41, 5.74) is 2.01. The smallest absolute Gasteiger partial charge is 0.262 e. The fourth-order valence-electron chi connectivity index (χ4n) is 4.23. The molecule has 0 aliphatic carbocycles. The van der Waals surface area contributed by atoms with Crippen LogP contribution in [-0.4, -0.2) is 39.2 Å². The van der Waals surface area contributed by atoms with Gasteiger partial charge in [-0.05, 0) is 56.7 Å². The first kappa shape index (κ1) is 21.6. The van der Waals surface area contributed by atoms with Crippen LogP contribution in [0.3, 0.4) is 0 Å². The fraction of sp³-hybridized carbons (Fsp3) is 0.400. The summed E-state index contributed by atoms with van der Waals surface area (Å²) in [7, 11) is 0. The zero-order chi connectivity index (χ0) is 21.8. The Balaban J connectivity index is 1.38. The van der Waals surface area contributed by atoms with Crippen LogP contribution in [0.4, 0.5) is 0 Å². The highest BCUT2D eigenvalue weighted by Crippen LogP contribution is 2.24. The van der Waals surface area contributed by atoms with E-state index in [9.17, 15) is 9.59 Å². The number of thioether (sulfide) groups is 1. The fourth-order valence-corrected chi connectivity index (χ4v) is 5.27. The Morgan fingerprint density at radius 2 is 1.74 bits per heavy atom. The highest BCUT2D eigenvalue weighted by atomic mass is 32.2. The molecule has 162 valence electrons. The largest absolute Gasteiger partial charge is 0.342 e. The van der Waals surface area contributed by atoms with Crippen LogP contribution in [-0.2, 0) is 11.2 Å². The van der Waals surface area contributed by atoms with Gasteiger partial charge in [0.25, 0.3) is 5.56 Å². The average molecular weight is 436 g/mol. The first-order valence-electron chi connectivity index (χ1n) is 11.0. The summed E-state index contributed by atoms with van der Waals surface area (Å²) in [5, 5.41) is 1.23. The van der Waals surface area contributed by atoms with Gasteiger partial charge in [-0.3, -0.25) is 14.2 Å². The van der Waals surface area contributed by atoms with Gasteiger partial charge in [-0.15, -0.1) is 0 Å². The minimum atomic E-state index is -0.0442. The zero-order valence-electron chi connectivity index (χ0n) is 18.2. The average Bonchev–Trinajstić information content (AvgIpc) is 2.78. The van der Waals surface area contributed by atoms with Gasteiger partial charge in [-0.1, -0.05) is 54.2 Å². The normalized spacial score (nSPS) is 15.0. The van der Waals surface area contributed by atoms with Crippen molar-refractivity contribution < 1.29 is 4.79 Å². The summed E-state index contributed by atoms with van der Waals surface area (Å²) < 4.78 is 1.70. The quantitative estimate of drug-likeness (QED) is 0.421. The molecule has 3 aromatic rings. The molecular formula is C25H29N3O2S. The van der Waals surface area contributed by atoms with Gasteiger partial charge in [0.1, 0.15) is 0 Å². The molecule has 1 fully saturated rings. The molecule has 2 aromatic carbocycles. The summed E-state index contributed by atoms with van der Waals surface area (Å²) in [6.45, 7) is 5.56. The number of likely N-dealkylation sites (tertiary alicyclic amines) is 1. The molecule has 4 rings (SSSR count). The molecule has 1 aliphatic heterocycles. The minimum Gasteiger partial charge on any atom is -0.342 e. The van der Waals surface area contributed by atoms with Gasteiger partial charge in [0, 0.05) is 19.1 Å². The Labute approximate surface area is 187 Å². The number of hydrogen-bond donors (Lipinski definition) is 0. The first-order valence-corrected chi connectivity index (χ1v) is 12.0. The van der Waals surface area contributed by atoms with E-state index in [-0.39, 0.29) is 17.5 Å². The van der Waals surface area contributed by atoms with Crippen LogP contribution < -0.4 is 5.56 Å². The van der Waals surface area contributed by atoms with Crippen LogP contribution >= 0.6 is 11.8 Å². The predicted octanol–water partition coefficient (Wildman–Crippen LogP) is 4.55. The number of hydrogen-bond acceptors (Lipinski definition) is 4. The van der Waals surface area contributed by atoms with E-state index in [2.05, 4.69) is 29.2 Å². The summed E-state index contributed by atoms with van der Waals surface area (Å²) >= 11 is 1.37. The second-order valence-electron chi connectivity index (χ2n) is 8.48. The van der Waals surface area contributed by atoms with E-state index in [0.29, 0.717) is 27.7 Å². The van der Waals surface area contributed by atoms with Crippen LogP contribution in [0.2, 0.25) is 0 Å². The molecule has 0 unspecified atom stereocenters. The second-order valence-corrected chi connectivity index (χ2v) is 9.43. The van der Waals surface area contributed by atoms with E-state index < -0.39 is 0 Å². The number of amides is 1. The summed E-state index contributed by atoms with van der Waals surface area (Å²) in [6.07, 6.45) is 3.16. The molecular weight excluding hydrogens is 406 g/mol. The number of rotatable bonds is 6. The number of para-hydroxylation sites is 1. The SMILES string of the molecule is CC(C)n1c(SCC(=O)N2CCC(Cc3ccccc3)CC2)nc2ccccc2c1=O. The maximum absolute atomic E-state index is 12.9. The summed E-state index contributed by atoms with van der Waals surface area (Å²) in [6, 6.07) is 18.0. The Morgan fingerprint density at radius 3 is 2.45 bits per heavy atom. The van der Waals surface area contributed by atoms with Gasteiger partial charge in [-0.2, -0.15) is 0 Å². The van der Waals surface area contributed by atoms with Crippen molar-refractivity contribution in [2.45, 2.75) is 44.3 Å². The Kier molecular flexibility index (Phi) is 6.76. The van der Waals surface area contributed by atoms with Crippen LogP contribution in [0.15, 0.2) is 64.5 Å². The van der Waals surface area contributed by atoms with Crippen molar-refractivity contribution in [1.82, 2.24) is 14.5 Å². The molecule has 1 aliphatic rings.